The summed E-state index contributed by atoms with van der Waals surface area (Å²) in [5.41, 5.74) is 1.14. The summed E-state index contributed by atoms with van der Waals surface area (Å²) in [7, 11) is 3.53. The molecule has 1 unspecified atom stereocenters. The summed E-state index contributed by atoms with van der Waals surface area (Å²) in [5, 5.41) is 4.38. The first-order chi connectivity index (χ1) is 11.3. The number of rotatable bonds is 4. The van der Waals surface area contributed by atoms with Gasteiger partial charge in [-0.3, -0.25) is 19.2 Å². The maximum atomic E-state index is 12.5. The van der Waals surface area contributed by atoms with Gasteiger partial charge in [0.25, 0.3) is 0 Å². The zero-order chi connectivity index (χ0) is 17.9. The van der Waals surface area contributed by atoms with E-state index in [2.05, 4.69) is 23.8 Å². The van der Waals surface area contributed by atoms with Gasteiger partial charge in [-0.15, -0.1) is 0 Å². The van der Waals surface area contributed by atoms with Gasteiger partial charge in [-0.25, -0.2) is 0 Å². The predicted molar refractivity (Wildman–Crippen MR) is 92.3 cm³/mol. The molecule has 0 aromatic carbocycles. The number of carbonyl (C=O) groups excluding carboxylic acids is 2. The van der Waals surface area contributed by atoms with E-state index in [9.17, 15) is 9.59 Å². The zero-order valence-electron chi connectivity index (χ0n) is 15.4. The summed E-state index contributed by atoms with van der Waals surface area (Å²) in [6.45, 7) is 9.09. The number of carbonyl (C=O) groups is 2. The Hall–Kier alpha value is -1.89. The second-order valence-electron chi connectivity index (χ2n) is 6.99. The van der Waals surface area contributed by atoms with Crippen LogP contribution in [0.5, 0.6) is 0 Å². The van der Waals surface area contributed by atoms with Gasteiger partial charge >= 0.3 is 0 Å². The molecule has 134 valence electrons. The van der Waals surface area contributed by atoms with Crippen molar-refractivity contribution in [2.75, 3.05) is 40.3 Å². The van der Waals surface area contributed by atoms with Gasteiger partial charge in [0.05, 0.1) is 11.6 Å². The Morgan fingerprint density at radius 1 is 1.29 bits per heavy atom. The lowest BCUT2D eigenvalue weighted by atomic mass is 10.1. The van der Waals surface area contributed by atoms with Gasteiger partial charge in [0, 0.05) is 66.0 Å². The highest BCUT2D eigenvalue weighted by molar-refractivity contribution is 5.80. The Labute approximate surface area is 144 Å². The SMILES string of the molecule is CC(=O)N1CCN(Cc2ccnn2C(C)C)CC(C(=O)N(C)C)C1. The van der Waals surface area contributed by atoms with E-state index in [-0.39, 0.29) is 17.7 Å². The summed E-state index contributed by atoms with van der Waals surface area (Å²) in [4.78, 5) is 30.0. The molecule has 7 heteroatoms. The van der Waals surface area contributed by atoms with Gasteiger partial charge in [-0.2, -0.15) is 5.10 Å². The molecule has 1 aliphatic rings. The van der Waals surface area contributed by atoms with Crippen LogP contribution in [0.4, 0.5) is 0 Å². The number of amides is 2. The fourth-order valence-corrected chi connectivity index (χ4v) is 3.19. The second-order valence-corrected chi connectivity index (χ2v) is 6.99. The van der Waals surface area contributed by atoms with E-state index in [1.165, 1.54) is 0 Å². The summed E-state index contributed by atoms with van der Waals surface area (Å²) in [5.74, 6) is -0.0898. The van der Waals surface area contributed by atoms with Gasteiger partial charge in [0.2, 0.25) is 11.8 Å². The van der Waals surface area contributed by atoms with E-state index in [1.807, 2.05) is 16.9 Å². The zero-order valence-corrected chi connectivity index (χ0v) is 15.4. The second kappa shape index (κ2) is 7.79. The van der Waals surface area contributed by atoms with Gasteiger partial charge in [-0.1, -0.05) is 0 Å². The van der Waals surface area contributed by atoms with Crippen LogP contribution >= 0.6 is 0 Å². The molecule has 0 aliphatic carbocycles. The molecule has 1 fully saturated rings. The quantitative estimate of drug-likeness (QED) is 0.818. The minimum absolute atomic E-state index is 0.0284. The summed E-state index contributed by atoms with van der Waals surface area (Å²) in [6, 6.07) is 2.33. The van der Waals surface area contributed by atoms with E-state index in [0.29, 0.717) is 25.7 Å². The highest BCUT2D eigenvalue weighted by Gasteiger charge is 2.30. The normalized spacial score (nSPS) is 19.4. The Morgan fingerprint density at radius 2 is 2.00 bits per heavy atom. The van der Waals surface area contributed by atoms with Crippen LogP contribution in [0.1, 0.15) is 32.5 Å². The third kappa shape index (κ3) is 4.35. The van der Waals surface area contributed by atoms with Crippen LogP contribution in [0.25, 0.3) is 0 Å². The van der Waals surface area contributed by atoms with Crippen molar-refractivity contribution >= 4 is 11.8 Å². The first kappa shape index (κ1) is 18.4. The Morgan fingerprint density at radius 3 is 2.58 bits per heavy atom. The van der Waals surface area contributed by atoms with Crippen molar-refractivity contribution in [3.8, 4) is 0 Å². The average Bonchev–Trinajstić information content (AvgIpc) is 2.86. The standard InChI is InChI=1S/C17H29N5O2/c1-13(2)22-16(6-7-18-22)12-20-8-9-21(14(3)23)11-15(10-20)17(24)19(4)5/h6-7,13,15H,8-12H2,1-5H3. The Kier molecular flexibility index (Phi) is 5.99. The average molecular weight is 335 g/mol. The maximum absolute atomic E-state index is 12.5. The molecular weight excluding hydrogens is 306 g/mol. The molecule has 1 atom stereocenters. The van der Waals surface area contributed by atoms with Gasteiger partial charge < -0.3 is 9.80 Å². The van der Waals surface area contributed by atoms with Gasteiger partial charge in [0.15, 0.2) is 0 Å². The third-order valence-electron chi connectivity index (χ3n) is 4.47. The van der Waals surface area contributed by atoms with Crippen molar-refractivity contribution in [3.63, 3.8) is 0 Å². The molecule has 2 amide bonds. The fourth-order valence-electron chi connectivity index (χ4n) is 3.19. The van der Waals surface area contributed by atoms with Crippen molar-refractivity contribution in [1.29, 1.82) is 0 Å². The Balaban J connectivity index is 2.16. The van der Waals surface area contributed by atoms with Crippen LogP contribution in [0, 0.1) is 5.92 Å². The molecule has 1 saturated heterocycles. The molecule has 1 aromatic heterocycles. The number of aromatic nitrogens is 2. The van der Waals surface area contributed by atoms with Crippen LogP contribution in [-0.4, -0.2) is 76.6 Å². The van der Waals surface area contributed by atoms with Gasteiger partial charge in [-0.05, 0) is 19.9 Å². The third-order valence-corrected chi connectivity index (χ3v) is 4.47. The van der Waals surface area contributed by atoms with Crippen molar-refractivity contribution < 1.29 is 9.59 Å². The smallest absolute Gasteiger partial charge is 0.228 e. The lowest BCUT2D eigenvalue weighted by Gasteiger charge is -2.26. The molecule has 7 nitrogen and oxygen atoms in total. The first-order valence-corrected chi connectivity index (χ1v) is 8.51. The van der Waals surface area contributed by atoms with Crippen molar-refractivity contribution in [1.82, 2.24) is 24.5 Å². The minimum Gasteiger partial charge on any atom is -0.348 e. The molecule has 0 bridgehead atoms. The van der Waals surface area contributed by atoms with Crippen LogP contribution in [0.2, 0.25) is 0 Å². The minimum atomic E-state index is -0.193. The predicted octanol–water partition coefficient (Wildman–Crippen LogP) is 0.833. The first-order valence-electron chi connectivity index (χ1n) is 8.51. The highest BCUT2D eigenvalue weighted by Crippen LogP contribution is 2.16. The van der Waals surface area contributed by atoms with E-state index in [0.717, 1.165) is 18.8 Å². The molecule has 24 heavy (non-hydrogen) atoms. The number of hydrogen-bond acceptors (Lipinski definition) is 4. The molecule has 2 heterocycles. The van der Waals surface area contributed by atoms with E-state index < -0.39 is 0 Å². The number of nitrogens with zero attached hydrogens (tertiary/aromatic N) is 5. The van der Waals surface area contributed by atoms with Crippen LogP contribution in [0.3, 0.4) is 0 Å². The van der Waals surface area contributed by atoms with Crippen LogP contribution < -0.4 is 0 Å². The fraction of sp³-hybridized carbons (Fsp3) is 0.706. The van der Waals surface area contributed by atoms with Crippen molar-refractivity contribution in [2.45, 2.75) is 33.4 Å². The molecule has 1 aromatic rings. The monoisotopic (exact) mass is 335 g/mol. The lowest BCUT2D eigenvalue weighted by molar-refractivity contribution is -0.135. The van der Waals surface area contributed by atoms with E-state index in [1.54, 1.807) is 30.8 Å². The van der Waals surface area contributed by atoms with E-state index in [4.69, 9.17) is 0 Å². The van der Waals surface area contributed by atoms with Crippen molar-refractivity contribution in [3.05, 3.63) is 18.0 Å². The van der Waals surface area contributed by atoms with Crippen LogP contribution in [0.15, 0.2) is 12.3 Å². The summed E-state index contributed by atoms with van der Waals surface area (Å²) < 4.78 is 2.01. The van der Waals surface area contributed by atoms with Crippen molar-refractivity contribution in [2.24, 2.45) is 5.92 Å². The summed E-state index contributed by atoms with van der Waals surface area (Å²) >= 11 is 0. The molecule has 0 saturated carbocycles. The molecule has 0 N–H and O–H groups in total. The molecule has 0 spiro atoms. The molecular formula is C17H29N5O2. The van der Waals surface area contributed by atoms with Crippen LogP contribution in [-0.2, 0) is 16.1 Å². The molecule has 1 aliphatic heterocycles. The van der Waals surface area contributed by atoms with Gasteiger partial charge in [0.1, 0.15) is 0 Å². The lowest BCUT2D eigenvalue weighted by Crippen LogP contribution is -2.41. The summed E-state index contributed by atoms with van der Waals surface area (Å²) in [6.07, 6.45) is 1.82. The molecule has 0 radical (unpaired) electrons. The highest BCUT2D eigenvalue weighted by atomic mass is 16.2. The maximum Gasteiger partial charge on any atom is 0.228 e. The van der Waals surface area contributed by atoms with E-state index >= 15 is 0 Å². The number of hydrogen-bond donors (Lipinski definition) is 0. The molecule has 2 rings (SSSR count). The largest absolute Gasteiger partial charge is 0.348 e. The Bertz CT molecular complexity index is 581. The topological polar surface area (TPSA) is 61.7 Å².